The third kappa shape index (κ3) is 4.02. The number of amides is 3. The summed E-state index contributed by atoms with van der Waals surface area (Å²) in [5.41, 5.74) is 0. The van der Waals surface area contributed by atoms with Crippen LogP contribution in [-0.4, -0.2) is 59.1 Å². The minimum atomic E-state index is -0.453. The zero-order valence-electron chi connectivity index (χ0n) is 12.4. The number of carbonyl (C=O) groups is 2. The van der Waals surface area contributed by atoms with E-state index in [9.17, 15) is 9.59 Å². The van der Waals surface area contributed by atoms with Crippen molar-refractivity contribution in [2.75, 3.05) is 32.7 Å². The summed E-state index contributed by atoms with van der Waals surface area (Å²) in [4.78, 5) is 29.7. The maximum atomic E-state index is 11.9. The van der Waals surface area contributed by atoms with Crippen LogP contribution in [0.1, 0.15) is 18.8 Å². The molecule has 1 unspecified atom stereocenters. The Morgan fingerprint density at radius 3 is 3.00 bits per heavy atom. The van der Waals surface area contributed by atoms with Gasteiger partial charge in [-0.05, 0) is 6.92 Å². The van der Waals surface area contributed by atoms with Crippen molar-refractivity contribution in [2.24, 2.45) is 7.05 Å². The van der Waals surface area contributed by atoms with Gasteiger partial charge < -0.3 is 15.2 Å². The van der Waals surface area contributed by atoms with Crippen molar-refractivity contribution in [3.63, 3.8) is 0 Å². The molecule has 1 aromatic rings. The van der Waals surface area contributed by atoms with Crippen molar-refractivity contribution in [1.82, 2.24) is 30.4 Å². The fourth-order valence-electron chi connectivity index (χ4n) is 2.44. The Bertz CT molecular complexity index is 501. The number of piperazine rings is 1. The molecule has 0 bridgehead atoms. The average molecular weight is 294 g/mol. The second-order valence-electron chi connectivity index (χ2n) is 4.99. The fourth-order valence-corrected chi connectivity index (χ4v) is 2.44. The Morgan fingerprint density at radius 2 is 2.33 bits per heavy atom. The van der Waals surface area contributed by atoms with E-state index in [1.807, 2.05) is 22.7 Å². The van der Waals surface area contributed by atoms with Crippen LogP contribution in [0, 0.1) is 0 Å². The van der Waals surface area contributed by atoms with Crippen LogP contribution in [0.15, 0.2) is 12.4 Å². The van der Waals surface area contributed by atoms with Gasteiger partial charge in [-0.1, -0.05) is 0 Å². The monoisotopic (exact) mass is 294 g/mol. The first-order valence-electron chi connectivity index (χ1n) is 7.11. The van der Waals surface area contributed by atoms with Gasteiger partial charge in [-0.3, -0.25) is 15.0 Å². The molecule has 3 N–H and O–H groups in total. The minimum Gasteiger partial charge on any atom is -0.338 e. The largest absolute Gasteiger partial charge is 0.338 e. The van der Waals surface area contributed by atoms with Crippen LogP contribution >= 0.6 is 0 Å². The van der Waals surface area contributed by atoms with Gasteiger partial charge in [0.15, 0.2) is 0 Å². The molecule has 8 nitrogen and oxygen atoms in total. The highest BCUT2D eigenvalue weighted by atomic mass is 16.2. The standard InChI is InChI=1S/C13H22N6O2/c1-3-15-13(21)17-11(20)9-19-7-4-14-8-10(19)12-16-5-6-18(12)2/h5-6,10,14H,3-4,7-9H2,1-2H3,(H2,15,17,20,21). The SMILES string of the molecule is CCNC(=O)NC(=O)CN1CCNCC1c1nccn1C. The lowest BCUT2D eigenvalue weighted by molar-refractivity contribution is -0.122. The third-order valence-electron chi connectivity index (χ3n) is 3.45. The first-order chi connectivity index (χ1) is 10.1. The van der Waals surface area contributed by atoms with Crippen LogP contribution in [0.4, 0.5) is 4.79 Å². The molecule has 3 amide bonds. The lowest BCUT2D eigenvalue weighted by Crippen LogP contribution is -2.51. The number of hydrogen-bond acceptors (Lipinski definition) is 5. The molecule has 116 valence electrons. The molecule has 21 heavy (non-hydrogen) atoms. The number of carbonyl (C=O) groups excluding carboxylic acids is 2. The molecule has 1 fully saturated rings. The van der Waals surface area contributed by atoms with E-state index in [0.29, 0.717) is 6.54 Å². The molecule has 1 atom stereocenters. The molecule has 0 saturated carbocycles. The molecule has 8 heteroatoms. The highest BCUT2D eigenvalue weighted by Gasteiger charge is 2.28. The van der Waals surface area contributed by atoms with Gasteiger partial charge in [0, 0.05) is 45.6 Å². The Labute approximate surface area is 123 Å². The molecule has 1 aromatic heterocycles. The van der Waals surface area contributed by atoms with Crippen molar-refractivity contribution in [2.45, 2.75) is 13.0 Å². The second-order valence-corrected chi connectivity index (χ2v) is 4.99. The van der Waals surface area contributed by atoms with Crippen LogP contribution in [0.5, 0.6) is 0 Å². The van der Waals surface area contributed by atoms with Crippen LogP contribution < -0.4 is 16.0 Å². The smallest absolute Gasteiger partial charge is 0.321 e. The van der Waals surface area contributed by atoms with E-state index in [2.05, 4.69) is 20.9 Å². The van der Waals surface area contributed by atoms with Gasteiger partial charge in [-0.15, -0.1) is 0 Å². The number of urea groups is 1. The molecule has 0 spiro atoms. The summed E-state index contributed by atoms with van der Waals surface area (Å²) < 4.78 is 1.95. The topological polar surface area (TPSA) is 91.3 Å². The van der Waals surface area contributed by atoms with Crippen LogP contribution in [0.2, 0.25) is 0 Å². The summed E-state index contributed by atoms with van der Waals surface area (Å²) >= 11 is 0. The van der Waals surface area contributed by atoms with Crippen molar-refractivity contribution < 1.29 is 9.59 Å². The molecule has 0 aliphatic carbocycles. The van der Waals surface area contributed by atoms with Crippen LogP contribution in [-0.2, 0) is 11.8 Å². The number of hydrogen-bond donors (Lipinski definition) is 3. The molecule has 2 heterocycles. The summed E-state index contributed by atoms with van der Waals surface area (Å²) in [6.45, 7) is 4.76. The Morgan fingerprint density at radius 1 is 1.52 bits per heavy atom. The molecular formula is C13H22N6O2. The van der Waals surface area contributed by atoms with Gasteiger partial charge in [-0.25, -0.2) is 9.78 Å². The molecule has 1 aliphatic rings. The summed E-state index contributed by atoms with van der Waals surface area (Å²) in [5.74, 6) is 0.607. The molecular weight excluding hydrogens is 272 g/mol. The van der Waals surface area contributed by atoms with Gasteiger partial charge in [0.25, 0.3) is 0 Å². The van der Waals surface area contributed by atoms with E-state index >= 15 is 0 Å². The first kappa shape index (κ1) is 15.5. The normalized spacial score (nSPS) is 19.2. The summed E-state index contributed by atoms with van der Waals surface area (Å²) in [6, 6.07) is -0.426. The maximum absolute atomic E-state index is 11.9. The first-order valence-corrected chi connectivity index (χ1v) is 7.11. The average Bonchev–Trinajstić information content (AvgIpc) is 2.85. The van der Waals surface area contributed by atoms with Crippen molar-refractivity contribution >= 4 is 11.9 Å². The van der Waals surface area contributed by atoms with Crippen LogP contribution in [0.3, 0.4) is 0 Å². The van der Waals surface area contributed by atoms with Crippen molar-refractivity contribution in [3.8, 4) is 0 Å². The second kappa shape index (κ2) is 7.19. The molecule has 0 aromatic carbocycles. The molecule has 2 rings (SSSR count). The van der Waals surface area contributed by atoms with Gasteiger partial charge >= 0.3 is 6.03 Å². The fraction of sp³-hybridized carbons (Fsp3) is 0.615. The van der Waals surface area contributed by atoms with E-state index in [1.54, 1.807) is 13.1 Å². The predicted molar refractivity (Wildman–Crippen MR) is 77.6 cm³/mol. The van der Waals surface area contributed by atoms with Crippen molar-refractivity contribution in [3.05, 3.63) is 18.2 Å². The Hall–Kier alpha value is -1.93. The van der Waals surface area contributed by atoms with Crippen LogP contribution in [0.25, 0.3) is 0 Å². The Kier molecular flexibility index (Phi) is 5.29. The Balaban J connectivity index is 1.98. The van der Waals surface area contributed by atoms with E-state index in [4.69, 9.17) is 0 Å². The van der Waals surface area contributed by atoms with E-state index < -0.39 is 6.03 Å². The number of nitrogens with zero attached hydrogens (tertiary/aromatic N) is 3. The number of aryl methyl sites for hydroxylation is 1. The quantitative estimate of drug-likeness (QED) is 0.677. The number of aromatic nitrogens is 2. The number of imidazole rings is 1. The molecule has 1 saturated heterocycles. The lowest BCUT2D eigenvalue weighted by Gasteiger charge is -2.35. The summed E-state index contributed by atoms with van der Waals surface area (Å²) in [7, 11) is 1.93. The highest BCUT2D eigenvalue weighted by molar-refractivity contribution is 5.95. The summed E-state index contributed by atoms with van der Waals surface area (Å²) in [6.07, 6.45) is 3.63. The van der Waals surface area contributed by atoms with Gasteiger partial charge in [0.1, 0.15) is 5.82 Å². The zero-order chi connectivity index (χ0) is 15.2. The maximum Gasteiger partial charge on any atom is 0.321 e. The zero-order valence-corrected chi connectivity index (χ0v) is 12.4. The molecule has 0 radical (unpaired) electrons. The molecule has 1 aliphatic heterocycles. The number of nitrogens with one attached hydrogen (secondary N) is 3. The van der Waals surface area contributed by atoms with E-state index in [0.717, 1.165) is 25.5 Å². The minimum absolute atomic E-state index is 0.0266. The third-order valence-corrected chi connectivity index (χ3v) is 3.45. The van der Waals surface area contributed by atoms with Gasteiger partial charge in [-0.2, -0.15) is 0 Å². The highest BCUT2D eigenvalue weighted by Crippen LogP contribution is 2.19. The van der Waals surface area contributed by atoms with E-state index in [1.165, 1.54) is 0 Å². The lowest BCUT2D eigenvalue weighted by atomic mass is 10.1. The number of rotatable bonds is 4. The van der Waals surface area contributed by atoms with Crippen molar-refractivity contribution in [1.29, 1.82) is 0 Å². The predicted octanol–water partition coefficient (Wildman–Crippen LogP) is -0.788. The van der Waals surface area contributed by atoms with Gasteiger partial charge in [0.05, 0.1) is 12.6 Å². The number of imide groups is 1. The summed E-state index contributed by atoms with van der Waals surface area (Å²) in [5, 5.41) is 8.18. The van der Waals surface area contributed by atoms with E-state index in [-0.39, 0.29) is 18.5 Å². The van der Waals surface area contributed by atoms with Gasteiger partial charge in [0.2, 0.25) is 5.91 Å².